The molecule has 0 N–H and O–H groups in total. The molecule has 0 aliphatic carbocycles. The molecule has 0 radical (unpaired) electrons. The van der Waals surface area contributed by atoms with Gasteiger partial charge in [0.1, 0.15) is 0 Å². The number of carbonyl (C=O) groups excluding carboxylic acids is 2. The maximum Gasteiger partial charge on any atom is 0.332 e. The molecule has 1 fully saturated rings. The van der Waals surface area contributed by atoms with E-state index in [0.29, 0.717) is 22.2 Å². The van der Waals surface area contributed by atoms with Crippen LogP contribution in [0.25, 0.3) is 0 Å². The molecule has 27 heavy (non-hydrogen) atoms. The summed E-state index contributed by atoms with van der Waals surface area (Å²) in [4.78, 5) is 28.9. The molecule has 1 atom stereocenters. The maximum atomic E-state index is 13.4. The second-order valence-corrected chi connectivity index (χ2v) is 8.17. The van der Waals surface area contributed by atoms with Crippen molar-refractivity contribution in [1.82, 2.24) is 4.90 Å². The van der Waals surface area contributed by atoms with Gasteiger partial charge in [0, 0.05) is 35.1 Å². The van der Waals surface area contributed by atoms with Crippen molar-refractivity contribution in [2.24, 2.45) is 0 Å². The van der Waals surface area contributed by atoms with Crippen LogP contribution in [0.3, 0.4) is 0 Å². The smallest absolute Gasteiger partial charge is 0.332 e. The molecule has 0 spiro atoms. The third kappa shape index (κ3) is 3.72. The van der Waals surface area contributed by atoms with Gasteiger partial charge in [-0.05, 0) is 35.9 Å². The van der Waals surface area contributed by atoms with Gasteiger partial charge >= 0.3 is 6.03 Å². The molecular weight excluding hydrogens is 455 g/mol. The van der Waals surface area contributed by atoms with Gasteiger partial charge < -0.3 is 9.64 Å². The van der Waals surface area contributed by atoms with Crippen molar-refractivity contribution >= 4 is 56.8 Å². The van der Waals surface area contributed by atoms with Crippen LogP contribution in [0.4, 0.5) is 10.5 Å². The van der Waals surface area contributed by atoms with Crippen molar-refractivity contribution in [3.05, 3.63) is 62.5 Å². The van der Waals surface area contributed by atoms with Gasteiger partial charge in [-0.25, -0.2) is 9.69 Å². The van der Waals surface area contributed by atoms with Gasteiger partial charge in [-0.15, -0.1) is 0 Å². The summed E-state index contributed by atoms with van der Waals surface area (Å²) < 4.78 is 6.28. The number of anilines is 1. The quantitative estimate of drug-likeness (QED) is 0.589. The topological polar surface area (TPSA) is 49.9 Å². The molecule has 2 aromatic rings. The normalized spacial score (nSPS) is 19.9. The van der Waals surface area contributed by atoms with E-state index < -0.39 is 11.6 Å². The Morgan fingerprint density at radius 2 is 1.67 bits per heavy atom. The third-order valence-corrected chi connectivity index (χ3v) is 5.59. The van der Waals surface area contributed by atoms with Crippen LogP contribution in [0.5, 0.6) is 0 Å². The first-order chi connectivity index (χ1) is 12.8. The highest BCUT2D eigenvalue weighted by atomic mass is 79.9. The third-order valence-electron chi connectivity index (χ3n) is 4.62. The molecular formula is C19H17BrCl2N2O3. The molecule has 5 nitrogen and oxygen atoms in total. The van der Waals surface area contributed by atoms with E-state index in [9.17, 15) is 9.59 Å². The van der Waals surface area contributed by atoms with Crippen molar-refractivity contribution < 1.29 is 14.3 Å². The van der Waals surface area contributed by atoms with Crippen LogP contribution in [0, 0.1) is 0 Å². The Bertz CT molecular complexity index is 871. The molecule has 8 heteroatoms. The second-order valence-electron chi connectivity index (χ2n) is 6.38. The molecule has 2 aromatic carbocycles. The average Bonchev–Trinajstić information content (AvgIpc) is 2.78. The molecule has 1 aliphatic rings. The zero-order chi connectivity index (χ0) is 19.8. The molecule has 142 valence electrons. The minimum absolute atomic E-state index is 0.0644. The molecule has 0 aromatic heterocycles. The van der Waals surface area contributed by atoms with Crippen LogP contribution in [0.2, 0.25) is 10.0 Å². The molecule has 1 heterocycles. The number of nitrogens with zero attached hydrogens (tertiary/aromatic N) is 2. The zero-order valence-corrected chi connectivity index (χ0v) is 17.8. The second kappa shape index (κ2) is 7.80. The summed E-state index contributed by atoms with van der Waals surface area (Å²) in [5, 5.41) is 0.691. The number of urea groups is 1. The van der Waals surface area contributed by atoms with Crippen molar-refractivity contribution in [1.29, 1.82) is 0 Å². The van der Waals surface area contributed by atoms with Crippen molar-refractivity contribution in [2.75, 3.05) is 25.7 Å². The molecule has 3 amide bonds. The predicted molar refractivity (Wildman–Crippen MR) is 110 cm³/mol. The van der Waals surface area contributed by atoms with E-state index >= 15 is 0 Å². The molecule has 0 saturated carbocycles. The van der Waals surface area contributed by atoms with Gasteiger partial charge in [-0.2, -0.15) is 0 Å². The van der Waals surface area contributed by atoms with Crippen molar-refractivity contribution in [3.63, 3.8) is 0 Å². The lowest BCUT2D eigenvalue weighted by molar-refractivity contribution is -0.127. The van der Waals surface area contributed by atoms with Gasteiger partial charge in [-0.1, -0.05) is 51.3 Å². The number of halogens is 3. The fourth-order valence-corrected chi connectivity index (χ4v) is 4.03. The minimum Gasteiger partial charge on any atom is -0.382 e. The number of hydrogen-bond acceptors (Lipinski definition) is 3. The lowest BCUT2D eigenvalue weighted by Gasteiger charge is -2.32. The number of ether oxygens (including phenoxy) is 1. The van der Waals surface area contributed by atoms with E-state index in [1.807, 2.05) is 24.3 Å². The SMILES string of the molecule is COCC1(Cc2ccc(Br)cc2)C(=O)N(c2cc(Cl)cc(Cl)c2)C(=O)N1C. The summed E-state index contributed by atoms with van der Waals surface area (Å²) in [6.45, 7) is 0.0644. The fraction of sp³-hybridized carbons (Fsp3) is 0.263. The van der Waals surface area contributed by atoms with Crippen molar-refractivity contribution in [2.45, 2.75) is 12.0 Å². The van der Waals surface area contributed by atoms with Gasteiger partial charge in [0.25, 0.3) is 5.91 Å². The highest BCUT2D eigenvalue weighted by Gasteiger charge is 2.56. The molecule has 1 saturated heterocycles. The van der Waals surface area contributed by atoms with Gasteiger partial charge in [0.15, 0.2) is 5.54 Å². The number of methoxy groups -OCH3 is 1. The largest absolute Gasteiger partial charge is 0.382 e. The Hall–Kier alpha value is -1.60. The number of rotatable bonds is 5. The van der Waals surface area contributed by atoms with E-state index in [1.165, 1.54) is 12.0 Å². The Labute approximate surface area is 175 Å². The van der Waals surface area contributed by atoms with E-state index in [2.05, 4.69) is 15.9 Å². The van der Waals surface area contributed by atoms with Crippen LogP contribution in [0.15, 0.2) is 46.9 Å². The van der Waals surface area contributed by atoms with E-state index in [0.717, 1.165) is 14.9 Å². The van der Waals surface area contributed by atoms with Crippen LogP contribution in [0.1, 0.15) is 5.56 Å². The summed E-state index contributed by atoms with van der Waals surface area (Å²) in [7, 11) is 3.11. The van der Waals surface area contributed by atoms with Gasteiger partial charge in [0.2, 0.25) is 0 Å². The average molecular weight is 472 g/mol. The highest BCUT2D eigenvalue weighted by molar-refractivity contribution is 9.10. The fourth-order valence-electron chi connectivity index (χ4n) is 3.25. The minimum atomic E-state index is -1.16. The van der Waals surface area contributed by atoms with Crippen molar-refractivity contribution in [3.8, 4) is 0 Å². The van der Waals surface area contributed by atoms with Gasteiger partial charge in [0.05, 0.1) is 12.3 Å². The van der Waals surface area contributed by atoms with Crippen LogP contribution in [-0.2, 0) is 16.0 Å². The number of amides is 3. The molecule has 3 rings (SSSR count). The standard InChI is InChI=1S/C19H17BrCl2N2O3/c1-23-18(26)24(16-8-14(21)7-15(22)9-16)17(25)19(23,11-27-2)10-12-3-5-13(20)6-4-12/h3-9H,10-11H2,1-2H3. The van der Waals surface area contributed by atoms with E-state index in [-0.39, 0.29) is 12.5 Å². The van der Waals surface area contributed by atoms with E-state index in [4.69, 9.17) is 27.9 Å². The summed E-state index contributed by atoms with van der Waals surface area (Å²) >= 11 is 15.5. The molecule has 1 unspecified atom stereocenters. The number of imide groups is 1. The Balaban J connectivity index is 2.04. The first kappa shape index (κ1) is 20.1. The first-order valence-corrected chi connectivity index (χ1v) is 9.65. The summed E-state index contributed by atoms with van der Waals surface area (Å²) in [6, 6.07) is 11.8. The lowest BCUT2D eigenvalue weighted by atomic mass is 9.90. The number of hydrogen-bond donors (Lipinski definition) is 0. The molecule has 1 aliphatic heterocycles. The first-order valence-electron chi connectivity index (χ1n) is 8.10. The Morgan fingerprint density at radius 3 is 2.22 bits per heavy atom. The summed E-state index contributed by atoms with van der Waals surface area (Å²) in [5.41, 5.74) is 0.0893. The Morgan fingerprint density at radius 1 is 1.07 bits per heavy atom. The van der Waals surface area contributed by atoms with Crippen LogP contribution < -0.4 is 4.90 Å². The predicted octanol–water partition coefficient (Wildman–Crippen LogP) is 4.78. The van der Waals surface area contributed by atoms with Gasteiger partial charge in [-0.3, -0.25) is 4.79 Å². The van der Waals surface area contributed by atoms with Crippen LogP contribution in [-0.4, -0.2) is 43.1 Å². The van der Waals surface area contributed by atoms with E-state index in [1.54, 1.807) is 25.2 Å². The lowest BCUT2D eigenvalue weighted by Crippen LogP contribution is -2.53. The molecule has 0 bridgehead atoms. The zero-order valence-electron chi connectivity index (χ0n) is 14.7. The number of likely N-dealkylation sites (N-methyl/N-ethyl adjacent to an activating group) is 1. The van der Waals surface area contributed by atoms with Crippen LogP contribution >= 0.6 is 39.1 Å². The Kier molecular flexibility index (Phi) is 5.82. The highest BCUT2D eigenvalue weighted by Crippen LogP contribution is 2.36. The number of carbonyl (C=O) groups is 2. The number of benzene rings is 2. The summed E-state index contributed by atoms with van der Waals surface area (Å²) in [5.74, 6) is -0.377. The monoisotopic (exact) mass is 470 g/mol. The summed E-state index contributed by atoms with van der Waals surface area (Å²) in [6.07, 6.45) is 0.319. The maximum absolute atomic E-state index is 13.4.